The summed E-state index contributed by atoms with van der Waals surface area (Å²) in [5, 5.41) is 3.70. The third-order valence-electron chi connectivity index (χ3n) is 7.04. The first-order chi connectivity index (χ1) is 16.1. The summed E-state index contributed by atoms with van der Waals surface area (Å²) in [5.41, 5.74) is 4.63. The van der Waals surface area contributed by atoms with Crippen LogP contribution in [0.3, 0.4) is 0 Å². The van der Waals surface area contributed by atoms with Crippen LogP contribution in [0, 0.1) is 5.41 Å². The number of esters is 1. The molecule has 2 aliphatic carbocycles. The van der Waals surface area contributed by atoms with Crippen molar-refractivity contribution in [2.24, 2.45) is 5.41 Å². The number of thioether (sulfide) groups is 1. The molecule has 0 saturated heterocycles. The summed E-state index contributed by atoms with van der Waals surface area (Å²) in [4.78, 5) is 28.3. The summed E-state index contributed by atoms with van der Waals surface area (Å²) in [6.07, 6.45) is 6.53. The summed E-state index contributed by atoms with van der Waals surface area (Å²) in [5.74, 6) is -0.0256. The SMILES string of the molecule is CCOC(=O)CS[C@@H]1NC2=C(C(=O)N1c1ccccc1)C1(CCCCC1)Cc1ccccc12. The van der Waals surface area contributed by atoms with E-state index in [0.717, 1.165) is 54.6 Å². The van der Waals surface area contributed by atoms with Crippen molar-refractivity contribution in [1.29, 1.82) is 0 Å². The molecule has 6 heteroatoms. The van der Waals surface area contributed by atoms with Crippen LogP contribution in [0.15, 0.2) is 60.2 Å². The molecule has 0 aromatic heterocycles. The van der Waals surface area contributed by atoms with Crippen molar-refractivity contribution in [2.45, 2.75) is 50.9 Å². The Morgan fingerprint density at radius 1 is 1.09 bits per heavy atom. The first-order valence-corrected chi connectivity index (χ1v) is 12.9. The molecule has 2 aromatic rings. The standard InChI is InChI=1S/C27H30N2O3S/c1-2-32-22(30)18-33-26-28-24-21-14-8-7-11-19(21)17-27(15-9-4-10-16-27)23(24)25(31)29(26)20-12-5-3-6-13-20/h3,5-8,11-14,26,28H,2,4,9-10,15-18H2,1H3/t26-/m1/s1. The Hall–Kier alpha value is -2.73. The molecule has 0 unspecified atom stereocenters. The third-order valence-corrected chi connectivity index (χ3v) is 8.09. The number of benzene rings is 2. The van der Waals surface area contributed by atoms with E-state index in [1.165, 1.54) is 23.7 Å². The fourth-order valence-corrected chi connectivity index (χ4v) is 6.58. The molecule has 1 heterocycles. The molecule has 0 bridgehead atoms. The number of ether oxygens (including phenoxy) is 1. The molecule has 3 aliphatic rings. The van der Waals surface area contributed by atoms with Gasteiger partial charge in [0, 0.05) is 22.2 Å². The van der Waals surface area contributed by atoms with Crippen LogP contribution >= 0.6 is 11.8 Å². The highest BCUT2D eigenvalue weighted by Crippen LogP contribution is 2.53. The number of hydrogen-bond donors (Lipinski definition) is 1. The van der Waals surface area contributed by atoms with Gasteiger partial charge in [0.25, 0.3) is 5.91 Å². The lowest BCUT2D eigenvalue weighted by atomic mass is 9.61. The van der Waals surface area contributed by atoms with E-state index in [-0.39, 0.29) is 23.0 Å². The Balaban J connectivity index is 1.61. The molecule has 33 heavy (non-hydrogen) atoms. The van der Waals surface area contributed by atoms with Gasteiger partial charge in [-0.2, -0.15) is 0 Å². The van der Waals surface area contributed by atoms with Crippen LogP contribution in [0.5, 0.6) is 0 Å². The van der Waals surface area contributed by atoms with E-state index in [2.05, 4.69) is 23.5 Å². The topological polar surface area (TPSA) is 58.6 Å². The molecular weight excluding hydrogens is 432 g/mol. The van der Waals surface area contributed by atoms with Crippen molar-refractivity contribution < 1.29 is 14.3 Å². The highest BCUT2D eigenvalue weighted by atomic mass is 32.2. The largest absolute Gasteiger partial charge is 0.465 e. The third kappa shape index (κ3) is 4.05. The number of para-hydroxylation sites is 1. The molecule has 172 valence electrons. The highest BCUT2D eigenvalue weighted by molar-refractivity contribution is 8.00. The zero-order chi connectivity index (χ0) is 22.8. The van der Waals surface area contributed by atoms with E-state index in [9.17, 15) is 9.59 Å². The average Bonchev–Trinajstić information content (AvgIpc) is 2.84. The first kappa shape index (κ1) is 22.1. The number of amides is 1. The molecule has 2 aromatic carbocycles. The predicted molar refractivity (Wildman–Crippen MR) is 133 cm³/mol. The lowest BCUT2D eigenvalue weighted by Crippen LogP contribution is -2.56. The van der Waals surface area contributed by atoms with Crippen LogP contribution < -0.4 is 10.2 Å². The predicted octanol–water partition coefficient (Wildman–Crippen LogP) is 5.12. The van der Waals surface area contributed by atoms with Crippen LogP contribution in [0.2, 0.25) is 0 Å². The maximum Gasteiger partial charge on any atom is 0.316 e. The van der Waals surface area contributed by atoms with Crippen LogP contribution in [0.25, 0.3) is 5.70 Å². The molecule has 0 radical (unpaired) electrons. The molecule has 1 spiro atoms. The summed E-state index contributed by atoms with van der Waals surface area (Å²) < 4.78 is 5.15. The lowest BCUT2D eigenvalue weighted by Gasteiger charge is -2.49. The van der Waals surface area contributed by atoms with Crippen LogP contribution in [0.1, 0.15) is 50.2 Å². The Labute approximate surface area is 199 Å². The maximum absolute atomic E-state index is 14.3. The quantitative estimate of drug-likeness (QED) is 0.625. The Morgan fingerprint density at radius 2 is 1.82 bits per heavy atom. The van der Waals surface area contributed by atoms with Gasteiger partial charge in [-0.25, -0.2) is 0 Å². The highest BCUT2D eigenvalue weighted by Gasteiger charge is 2.49. The second-order valence-corrected chi connectivity index (χ2v) is 10.1. The molecular formula is C27H30N2O3S. The first-order valence-electron chi connectivity index (χ1n) is 11.9. The van der Waals surface area contributed by atoms with E-state index in [1.54, 1.807) is 6.92 Å². The van der Waals surface area contributed by atoms with Gasteiger partial charge < -0.3 is 10.1 Å². The van der Waals surface area contributed by atoms with Crippen LogP contribution in [0.4, 0.5) is 5.69 Å². The summed E-state index contributed by atoms with van der Waals surface area (Å²) in [6, 6.07) is 18.2. The summed E-state index contributed by atoms with van der Waals surface area (Å²) >= 11 is 1.40. The number of fused-ring (bicyclic) bond motifs is 3. The smallest absolute Gasteiger partial charge is 0.316 e. The summed E-state index contributed by atoms with van der Waals surface area (Å²) in [6.45, 7) is 2.16. The van der Waals surface area contributed by atoms with E-state index in [0.29, 0.717) is 6.61 Å². The van der Waals surface area contributed by atoms with Gasteiger partial charge in [-0.15, -0.1) is 11.8 Å². The van der Waals surface area contributed by atoms with Gasteiger partial charge in [0.2, 0.25) is 0 Å². The number of carbonyl (C=O) groups is 2. The van der Waals surface area contributed by atoms with Crippen molar-refractivity contribution in [2.75, 3.05) is 17.3 Å². The molecule has 5 rings (SSSR count). The lowest BCUT2D eigenvalue weighted by molar-refractivity contribution is -0.139. The van der Waals surface area contributed by atoms with Gasteiger partial charge >= 0.3 is 5.97 Å². The number of rotatable bonds is 5. The van der Waals surface area contributed by atoms with Crippen molar-refractivity contribution >= 4 is 35.0 Å². The maximum atomic E-state index is 14.3. The zero-order valence-electron chi connectivity index (χ0n) is 19.0. The van der Waals surface area contributed by atoms with Crippen molar-refractivity contribution in [3.05, 3.63) is 71.3 Å². The fourth-order valence-electron chi connectivity index (χ4n) is 5.63. The van der Waals surface area contributed by atoms with Gasteiger partial charge in [0.05, 0.1) is 18.1 Å². The molecule has 1 amide bonds. The van der Waals surface area contributed by atoms with Gasteiger partial charge in [-0.3, -0.25) is 14.5 Å². The number of nitrogens with zero attached hydrogens (tertiary/aromatic N) is 1. The normalized spacial score (nSPS) is 21.3. The number of hydrogen-bond acceptors (Lipinski definition) is 5. The minimum Gasteiger partial charge on any atom is -0.465 e. The molecule has 1 atom stereocenters. The van der Waals surface area contributed by atoms with Crippen LogP contribution in [-0.4, -0.2) is 29.7 Å². The van der Waals surface area contributed by atoms with E-state index in [1.807, 2.05) is 41.3 Å². The van der Waals surface area contributed by atoms with Gasteiger partial charge in [0.1, 0.15) is 0 Å². The fraction of sp³-hybridized carbons (Fsp3) is 0.407. The van der Waals surface area contributed by atoms with Gasteiger partial charge in [0.15, 0.2) is 5.50 Å². The van der Waals surface area contributed by atoms with Crippen molar-refractivity contribution in [3.63, 3.8) is 0 Å². The number of anilines is 1. The van der Waals surface area contributed by atoms with E-state index in [4.69, 9.17) is 4.74 Å². The summed E-state index contributed by atoms with van der Waals surface area (Å²) in [7, 11) is 0. The molecule has 1 fully saturated rings. The monoisotopic (exact) mass is 462 g/mol. The van der Waals surface area contributed by atoms with Gasteiger partial charge in [-0.05, 0) is 43.9 Å². The Kier molecular flexibility index (Phi) is 6.19. The van der Waals surface area contributed by atoms with Crippen molar-refractivity contribution in [1.82, 2.24) is 5.32 Å². The zero-order valence-corrected chi connectivity index (χ0v) is 19.8. The van der Waals surface area contributed by atoms with Crippen LogP contribution in [-0.2, 0) is 20.7 Å². The Bertz CT molecular complexity index is 1080. The molecule has 1 N–H and O–H groups in total. The minimum atomic E-state index is -0.394. The second-order valence-electron chi connectivity index (χ2n) is 9.05. The van der Waals surface area contributed by atoms with Crippen molar-refractivity contribution in [3.8, 4) is 0 Å². The van der Waals surface area contributed by atoms with Gasteiger partial charge in [-0.1, -0.05) is 61.7 Å². The van der Waals surface area contributed by atoms with E-state index >= 15 is 0 Å². The van der Waals surface area contributed by atoms with E-state index < -0.39 is 5.50 Å². The second kappa shape index (κ2) is 9.26. The number of carbonyl (C=O) groups excluding carboxylic acids is 2. The Morgan fingerprint density at radius 3 is 2.58 bits per heavy atom. The average molecular weight is 463 g/mol. The minimum absolute atomic E-state index is 0.0627. The molecule has 1 aliphatic heterocycles. The molecule has 5 nitrogen and oxygen atoms in total. The number of nitrogens with one attached hydrogen (secondary N) is 1. The molecule has 1 saturated carbocycles.